The van der Waals surface area contributed by atoms with Gasteiger partial charge >= 0.3 is 12.1 Å². The lowest BCUT2D eigenvalue weighted by atomic mass is 9.83. The van der Waals surface area contributed by atoms with Crippen LogP contribution in [0, 0.1) is 0 Å². The van der Waals surface area contributed by atoms with E-state index in [2.05, 4.69) is 0 Å². The predicted molar refractivity (Wildman–Crippen MR) is 73.3 cm³/mol. The average Bonchev–Trinajstić information content (AvgIpc) is 2.36. The van der Waals surface area contributed by atoms with Gasteiger partial charge in [0.2, 0.25) is 5.60 Å². The van der Waals surface area contributed by atoms with Gasteiger partial charge in [0.15, 0.2) is 5.78 Å². The number of carbonyl (C=O) groups excluding carboxylic acids is 3. The van der Waals surface area contributed by atoms with Crippen molar-refractivity contribution in [2.45, 2.75) is 64.6 Å². The Labute approximate surface area is 124 Å². The second kappa shape index (κ2) is 6.89. The second-order valence-corrected chi connectivity index (χ2v) is 5.88. The molecule has 0 aliphatic heterocycles. The number of hydrogen-bond acceptors (Lipinski definition) is 6. The summed E-state index contributed by atoms with van der Waals surface area (Å²) in [5, 5.41) is 0. The number of ether oxygens (including phenoxy) is 2. The highest BCUT2D eigenvalue weighted by Gasteiger charge is 2.51. The molecule has 0 radical (unpaired) electrons. The lowest BCUT2D eigenvalue weighted by Crippen LogP contribution is -2.55. The summed E-state index contributed by atoms with van der Waals surface area (Å²) in [6, 6.07) is 0. The minimum absolute atomic E-state index is 0.129. The Kier molecular flexibility index (Phi) is 5.71. The van der Waals surface area contributed by atoms with Crippen LogP contribution in [0.1, 0.15) is 53.4 Å². The molecule has 1 unspecified atom stereocenters. The van der Waals surface area contributed by atoms with Crippen LogP contribution < -0.4 is 5.48 Å². The number of amides is 1. The number of hydroxylamine groups is 1. The van der Waals surface area contributed by atoms with Gasteiger partial charge in [0, 0.05) is 6.42 Å². The zero-order valence-electron chi connectivity index (χ0n) is 13.0. The van der Waals surface area contributed by atoms with Crippen LogP contribution in [0.3, 0.4) is 0 Å². The van der Waals surface area contributed by atoms with E-state index in [0.717, 1.165) is 0 Å². The molecule has 1 aliphatic rings. The molecule has 1 N–H and O–H groups in total. The fraction of sp³-hybridized carbons (Fsp3) is 0.786. The molecule has 1 atom stereocenters. The fourth-order valence-electron chi connectivity index (χ4n) is 2.04. The molecule has 0 spiro atoms. The van der Waals surface area contributed by atoms with Crippen molar-refractivity contribution in [1.29, 1.82) is 0 Å². The molecule has 21 heavy (non-hydrogen) atoms. The van der Waals surface area contributed by atoms with Crippen LogP contribution in [0.25, 0.3) is 0 Å². The van der Waals surface area contributed by atoms with E-state index in [0.29, 0.717) is 12.8 Å². The summed E-state index contributed by atoms with van der Waals surface area (Å²) in [7, 11) is 0. The van der Waals surface area contributed by atoms with E-state index >= 15 is 0 Å². The monoisotopic (exact) mass is 301 g/mol. The van der Waals surface area contributed by atoms with Crippen molar-refractivity contribution in [3.63, 3.8) is 0 Å². The van der Waals surface area contributed by atoms with E-state index in [4.69, 9.17) is 14.3 Å². The normalized spacial score (nSPS) is 22.6. The van der Waals surface area contributed by atoms with Crippen LogP contribution in [0.5, 0.6) is 0 Å². The molecule has 1 fully saturated rings. The molecule has 7 heteroatoms. The van der Waals surface area contributed by atoms with Crippen LogP contribution in [-0.4, -0.2) is 35.7 Å². The maximum absolute atomic E-state index is 12.1. The predicted octanol–water partition coefficient (Wildman–Crippen LogP) is 1.89. The molecule has 120 valence electrons. The van der Waals surface area contributed by atoms with Gasteiger partial charge in [-0.3, -0.25) is 4.79 Å². The fourth-order valence-corrected chi connectivity index (χ4v) is 2.04. The standard InChI is InChI=1S/C14H23NO6/c1-5-19-11(17)14(9-7-6-8-10(14)16)21-15-12(18)20-13(2,3)4/h5-9H2,1-4H3,(H,15,18). The van der Waals surface area contributed by atoms with Gasteiger partial charge < -0.3 is 9.47 Å². The number of nitrogens with one attached hydrogen (secondary N) is 1. The summed E-state index contributed by atoms with van der Waals surface area (Å²) in [5.74, 6) is -1.16. The Morgan fingerprint density at radius 2 is 1.95 bits per heavy atom. The Balaban J connectivity index is 2.77. The summed E-state index contributed by atoms with van der Waals surface area (Å²) in [6.07, 6.45) is 0.871. The molecular formula is C14H23NO6. The van der Waals surface area contributed by atoms with E-state index < -0.39 is 23.3 Å². The maximum Gasteiger partial charge on any atom is 0.431 e. The molecule has 0 heterocycles. The van der Waals surface area contributed by atoms with Gasteiger partial charge in [0.05, 0.1) is 6.61 Å². The van der Waals surface area contributed by atoms with Crippen molar-refractivity contribution >= 4 is 17.8 Å². The zero-order valence-corrected chi connectivity index (χ0v) is 13.0. The molecule has 1 amide bonds. The summed E-state index contributed by atoms with van der Waals surface area (Å²) in [4.78, 5) is 40.9. The van der Waals surface area contributed by atoms with Gasteiger partial charge in [-0.1, -0.05) is 0 Å². The van der Waals surface area contributed by atoms with Crippen LogP contribution >= 0.6 is 0 Å². The van der Waals surface area contributed by atoms with Gasteiger partial charge in [-0.15, -0.1) is 0 Å². The number of ketones is 1. The molecule has 1 aliphatic carbocycles. The van der Waals surface area contributed by atoms with E-state index in [1.54, 1.807) is 27.7 Å². The van der Waals surface area contributed by atoms with Gasteiger partial charge in [0.25, 0.3) is 0 Å². The number of rotatable bonds is 4. The summed E-state index contributed by atoms with van der Waals surface area (Å²) in [6.45, 7) is 6.85. The van der Waals surface area contributed by atoms with Crippen molar-refractivity contribution in [3.05, 3.63) is 0 Å². The van der Waals surface area contributed by atoms with Crippen LogP contribution in [0.4, 0.5) is 4.79 Å². The van der Waals surface area contributed by atoms with E-state index in [9.17, 15) is 14.4 Å². The van der Waals surface area contributed by atoms with E-state index in [-0.39, 0.29) is 25.2 Å². The van der Waals surface area contributed by atoms with Crippen molar-refractivity contribution in [3.8, 4) is 0 Å². The lowest BCUT2D eigenvalue weighted by molar-refractivity contribution is -0.189. The first-order valence-corrected chi connectivity index (χ1v) is 7.09. The molecule has 1 saturated carbocycles. The summed E-state index contributed by atoms with van der Waals surface area (Å²) >= 11 is 0. The Hall–Kier alpha value is -1.63. The van der Waals surface area contributed by atoms with E-state index in [1.807, 2.05) is 5.48 Å². The zero-order chi connectivity index (χ0) is 16.1. The number of carbonyl (C=O) groups is 3. The van der Waals surface area contributed by atoms with Gasteiger partial charge in [-0.25, -0.2) is 14.4 Å². The Bertz CT molecular complexity index is 414. The van der Waals surface area contributed by atoms with E-state index in [1.165, 1.54) is 0 Å². The molecule has 0 aromatic rings. The Morgan fingerprint density at radius 1 is 1.29 bits per heavy atom. The minimum atomic E-state index is -1.76. The molecule has 1 rings (SSSR count). The van der Waals surface area contributed by atoms with Crippen LogP contribution in [0.2, 0.25) is 0 Å². The lowest BCUT2D eigenvalue weighted by Gasteiger charge is -2.32. The van der Waals surface area contributed by atoms with Crippen LogP contribution in [0.15, 0.2) is 0 Å². The highest BCUT2D eigenvalue weighted by atomic mass is 16.7. The quantitative estimate of drug-likeness (QED) is 0.484. The molecule has 0 bridgehead atoms. The maximum atomic E-state index is 12.1. The third-order valence-electron chi connectivity index (χ3n) is 2.95. The SMILES string of the molecule is CCOC(=O)C1(ONC(=O)OC(C)(C)C)CCCCC1=O. The molecule has 0 aromatic heterocycles. The van der Waals surface area contributed by atoms with Gasteiger partial charge in [-0.05, 0) is 47.0 Å². The largest absolute Gasteiger partial charge is 0.463 e. The molecule has 7 nitrogen and oxygen atoms in total. The number of hydrogen-bond donors (Lipinski definition) is 1. The summed E-state index contributed by atoms with van der Waals surface area (Å²) < 4.78 is 9.92. The molecular weight excluding hydrogens is 278 g/mol. The minimum Gasteiger partial charge on any atom is -0.463 e. The van der Waals surface area contributed by atoms with Crippen molar-refractivity contribution in [2.75, 3.05) is 6.61 Å². The first kappa shape index (κ1) is 17.4. The van der Waals surface area contributed by atoms with Crippen molar-refractivity contribution in [1.82, 2.24) is 5.48 Å². The van der Waals surface area contributed by atoms with Gasteiger partial charge in [-0.2, -0.15) is 5.48 Å². The average molecular weight is 301 g/mol. The van der Waals surface area contributed by atoms with Crippen molar-refractivity contribution in [2.24, 2.45) is 0 Å². The first-order valence-electron chi connectivity index (χ1n) is 7.09. The second-order valence-electron chi connectivity index (χ2n) is 5.88. The molecule has 0 aromatic carbocycles. The topological polar surface area (TPSA) is 90.9 Å². The highest BCUT2D eigenvalue weighted by Crippen LogP contribution is 2.29. The number of Topliss-reactive ketones (excluding diaryl/α,β-unsaturated/α-hetero) is 1. The summed E-state index contributed by atoms with van der Waals surface area (Å²) in [5.41, 5.74) is -0.429. The number of esters is 1. The van der Waals surface area contributed by atoms with Crippen LogP contribution in [-0.2, 0) is 23.9 Å². The Morgan fingerprint density at radius 3 is 2.48 bits per heavy atom. The first-order chi connectivity index (χ1) is 9.71. The smallest absolute Gasteiger partial charge is 0.431 e. The van der Waals surface area contributed by atoms with Crippen molar-refractivity contribution < 1.29 is 28.7 Å². The third-order valence-corrected chi connectivity index (χ3v) is 2.95. The third kappa shape index (κ3) is 4.70. The molecule has 0 saturated heterocycles. The highest BCUT2D eigenvalue weighted by molar-refractivity contribution is 6.07. The van der Waals surface area contributed by atoms with Gasteiger partial charge in [0.1, 0.15) is 5.60 Å².